The van der Waals surface area contributed by atoms with Crippen molar-refractivity contribution >= 4 is 17.5 Å². The van der Waals surface area contributed by atoms with Crippen LogP contribution in [0.15, 0.2) is 36.7 Å². The summed E-state index contributed by atoms with van der Waals surface area (Å²) in [4.78, 5) is 21.9. The molecule has 0 saturated carbocycles. The van der Waals surface area contributed by atoms with Crippen LogP contribution in [0.3, 0.4) is 0 Å². The lowest BCUT2D eigenvalue weighted by Crippen LogP contribution is -2.45. The molecule has 1 fully saturated rings. The van der Waals surface area contributed by atoms with Crippen LogP contribution in [0.4, 0.5) is 13.2 Å². The van der Waals surface area contributed by atoms with Crippen molar-refractivity contribution in [3.8, 4) is 6.01 Å². The minimum absolute atomic E-state index is 0.115. The Bertz CT molecular complexity index is 784. The summed E-state index contributed by atoms with van der Waals surface area (Å²) in [7, 11) is 0. The second-order valence-corrected chi connectivity index (χ2v) is 6.30. The van der Waals surface area contributed by atoms with Gasteiger partial charge < -0.3 is 9.64 Å². The molecule has 2 aromatic rings. The summed E-state index contributed by atoms with van der Waals surface area (Å²) in [6, 6.07) is 4.90. The van der Waals surface area contributed by atoms with E-state index in [9.17, 15) is 18.0 Å². The number of hydrogen-bond acceptors (Lipinski definition) is 4. The number of ether oxygens (including phenoxy) is 1. The van der Waals surface area contributed by atoms with E-state index in [-0.39, 0.29) is 18.1 Å². The summed E-state index contributed by atoms with van der Waals surface area (Å²) in [5, 5.41) is 0.363. The quantitative estimate of drug-likeness (QED) is 0.805. The summed E-state index contributed by atoms with van der Waals surface area (Å²) in [6.07, 6.45) is -0.957. The zero-order valence-electron chi connectivity index (χ0n) is 13.5. The Balaban J connectivity index is 1.73. The maximum absolute atomic E-state index is 13.1. The molecule has 26 heavy (non-hydrogen) atoms. The first-order valence-electron chi connectivity index (χ1n) is 7.94. The second kappa shape index (κ2) is 7.49. The van der Waals surface area contributed by atoms with Crippen molar-refractivity contribution < 1.29 is 22.7 Å². The van der Waals surface area contributed by atoms with E-state index in [0.29, 0.717) is 24.4 Å². The van der Waals surface area contributed by atoms with Crippen LogP contribution in [0.1, 0.15) is 28.8 Å². The van der Waals surface area contributed by atoms with E-state index in [1.54, 1.807) is 0 Å². The minimum atomic E-state index is -4.59. The molecule has 1 aliphatic rings. The number of hydrogen-bond donors (Lipinski definition) is 0. The monoisotopic (exact) mass is 385 g/mol. The zero-order valence-corrected chi connectivity index (χ0v) is 14.3. The molecule has 0 aliphatic carbocycles. The zero-order chi connectivity index (χ0) is 18.7. The van der Waals surface area contributed by atoms with Gasteiger partial charge in [-0.05, 0) is 25.0 Å². The number of alkyl halides is 3. The molecule has 1 aliphatic heterocycles. The Morgan fingerprint density at radius 1 is 1.23 bits per heavy atom. The van der Waals surface area contributed by atoms with Gasteiger partial charge in [0.2, 0.25) is 0 Å². The number of nitrogens with zero attached hydrogens (tertiary/aromatic N) is 3. The first-order chi connectivity index (χ1) is 12.3. The Hall–Kier alpha value is -2.35. The van der Waals surface area contributed by atoms with Gasteiger partial charge in [0.15, 0.2) is 0 Å². The second-order valence-electron chi connectivity index (χ2n) is 5.86. The number of halogens is 4. The van der Waals surface area contributed by atoms with Crippen molar-refractivity contribution in [2.45, 2.75) is 25.1 Å². The molecule has 3 rings (SSSR count). The number of amides is 1. The smallest absolute Gasteiger partial charge is 0.417 e. The Labute approximate surface area is 152 Å². The van der Waals surface area contributed by atoms with Crippen molar-refractivity contribution in [2.24, 2.45) is 0 Å². The molecule has 0 radical (unpaired) electrons. The molecule has 1 saturated heterocycles. The number of aromatic nitrogens is 2. The Morgan fingerprint density at radius 3 is 2.62 bits per heavy atom. The Morgan fingerprint density at radius 2 is 1.92 bits per heavy atom. The number of piperidine rings is 1. The van der Waals surface area contributed by atoms with Crippen molar-refractivity contribution in [2.75, 3.05) is 13.1 Å². The van der Waals surface area contributed by atoms with Crippen LogP contribution >= 0.6 is 11.6 Å². The van der Waals surface area contributed by atoms with Gasteiger partial charge in [-0.15, -0.1) is 0 Å². The van der Waals surface area contributed by atoms with Crippen molar-refractivity contribution in [3.63, 3.8) is 0 Å². The summed E-state index contributed by atoms with van der Waals surface area (Å²) in [6.45, 7) is 0.531. The van der Waals surface area contributed by atoms with Gasteiger partial charge in [-0.25, -0.2) is 9.97 Å². The summed E-state index contributed by atoms with van der Waals surface area (Å²) >= 11 is 5.71. The highest BCUT2D eigenvalue weighted by Crippen LogP contribution is 2.32. The van der Waals surface area contributed by atoms with Gasteiger partial charge in [-0.2, -0.15) is 13.2 Å². The molecule has 1 unspecified atom stereocenters. The molecule has 0 bridgehead atoms. The molecule has 9 heteroatoms. The molecule has 1 amide bonds. The topological polar surface area (TPSA) is 55.3 Å². The highest BCUT2D eigenvalue weighted by molar-refractivity contribution is 6.30. The van der Waals surface area contributed by atoms with E-state index < -0.39 is 23.8 Å². The molecule has 0 N–H and O–H groups in total. The van der Waals surface area contributed by atoms with Crippen molar-refractivity contribution in [1.29, 1.82) is 0 Å². The lowest BCUT2D eigenvalue weighted by molar-refractivity contribution is -0.138. The molecule has 138 valence electrons. The average Bonchev–Trinajstić information content (AvgIpc) is 2.62. The molecule has 1 atom stereocenters. The van der Waals surface area contributed by atoms with Crippen LogP contribution in [0.25, 0.3) is 0 Å². The SMILES string of the molecule is O=C(c1ccccc1C(F)(F)F)N1CCCC(Oc2ncc(Cl)cn2)C1. The third-order valence-corrected chi connectivity index (χ3v) is 4.19. The molecule has 2 heterocycles. The minimum Gasteiger partial charge on any atom is -0.458 e. The molecule has 1 aromatic carbocycles. The van der Waals surface area contributed by atoms with Crippen LogP contribution in [0.2, 0.25) is 5.02 Å². The number of rotatable bonds is 3. The summed E-state index contributed by atoms with van der Waals surface area (Å²) in [5.74, 6) is -0.664. The van der Waals surface area contributed by atoms with Gasteiger partial charge in [0.1, 0.15) is 6.10 Å². The molecule has 0 spiro atoms. The highest BCUT2D eigenvalue weighted by Gasteiger charge is 2.36. The third kappa shape index (κ3) is 4.24. The van der Waals surface area contributed by atoms with Gasteiger partial charge >= 0.3 is 12.2 Å². The average molecular weight is 386 g/mol. The fourth-order valence-electron chi connectivity index (χ4n) is 2.82. The Kier molecular flexibility index (Phi) is 5.31. The fraction of sp³-hybridized carbons (Fsp3) is 0.353. The summed E-state index contributed by atoms with van der Waals surface area (Å²) < 4.78 is 45.1. The molecular weight excluding hydrogens is 371 g/mol. The normalized spacial score (nSPS) is 17.8. The lowest BCUT2D eigenvalue weighted by atomic mass is 10.0. The summed E-state index contributed by atoms with van der Waals surface area (Å²) in [5.41, 5.74) is -1.29. The predicted octanol–water partition coefficient (Wildman–Crippen LogP) is 3.83. The van der Waals surface area contributed by atoms with Crippen LogP contribution in [0.5, 0.6) is 6.01 Å². The standard InChI is InChI=1S/C17H15ClF3N3O2/c18-11-8-22-16(23-9-11)26-12-4-3-7-24(10-12)15(25)13-5-1-2-6-14(13)17(19,20)21/h1-2,5-6,8-9,12H,3-4,7,10H2. The first-order valence-corrected chi connectivity index (χ1v) is 8.32. The van der Waals surface area contributed by atoms with Gasteiger partial charge in [-0.3, -0.25) is 4.79 Å². The molecular formula is C17H15ClF3N3O2. The largest absolute Gasteiger partial charge is 0.458 e. The van der Waals surface area contributed by atoms with E-state index in [2.05, 4.69) is 9.97 Å². The van der Waals surface area contributed by atoms with Crippen LogP contribution in [0, 0.1) is 0 Å². The van der Waals surface area contributed by atoms with Gasteiger partial charge in [0, 0.05) is 6.54 Å². The molecule has 5 nitrogen and oxygen atoms in total. The maximum Gasteiger partial charge on any atom is 0.417 e. The maximum atomic E-state index is 13.1. The number of carbonyl (C=O) groups excluding carboxylic acids is 1. The van der Waals surface area contributed by atoms with E-state index in [1.165, 1.54) is 35.5 Å². The first kappa shape index (κ1) is 18.4. The molecule has 1 aromatic heterocycles. The van der Waals surface area contributed by atoms with Crippen LogP contribution in [-0.4, -0.2) is 40.0 Å². The lowest BCUT2D eigenvalue weighted by Gasteiger charge is -2.32. The predicted molar refractivity (Wildman–Crippen MR) is 88.0 cm³/mol. The number of likely N-dealkylation sites (tertiary alicyclic amines) is 1. The number of carbonyl (C=O) groups is 1. The number of benzene rings is 1. The van der Waals surface area contributed by atoms with E-state index in [0.717, 1.165) is 6.07 Å². The highest BCUT2D eigenvalue weighted by atomic mass is 35.5. The fourth-order valence-corrected chi connectivity index (χ4v) is 2.91. The van der Waals surface area contributed by atoms with E-state index in [1.807, 2.05) is 0 Å². The van der Waals surface area contributed by atoms with Crippen molar-refractivity contribution in [3.05, 3.63) is 52.8 Å². The van der Waals surface area contributed by atoms with Crippen LogP contribution in [-0.2, 0) is 6.18 Å². The van der Waals surface area contributed by atoms with Gasteiger partial charge in [0.25, 0.3) is 5.91 Å². The van der Waals surface area contributed by atoms with Crippen LogP contribution < -0.4 is 4.74 Å². The third-order valence-electron chi connectivity index (χ3n) is 4.00. The van der Waals surface area contributed by atoms with E-state index >= 15 is 0 Å². The van der Waals surface area contributed by atoms with Crippen molar-refractivity contribution in [1.82, 2.24) is 14.9 Å². The van der Waals surface area contributed by atoms with Gasteiger partial charge in [-0.1, -0.05) is 23.7 Å². The van der Waals surface area contributed by atoms with Gasteiger partial charge in [0.05, 0.1) is 35.1 Å². The van der Waals surface area contributed by atoms with E-state index in [4.69, 9.17) is 16.3 Å².